The fraction of sp³-hybridized carbons (Fsp3) is 0.294. The van der Waals surface area contributed by atoms with Crippen LogP contribution in [0.15, 0.2) is 35.2 Å². The first-order valence-corrected chi connectivity index (χ1v) is 10.0. The lowest BCUT2D eigenvalue weighted by atomic mass is 10.1. The first-order valence-electron chi connectivity index (χ1n) is 8.19. The molecule has 0 aliphatic carbocycles. The van der Waals surface area contributed by atoms with E-state index in [1.165, 1.54) is 12.1 Å². The van der Waals surface area contributed by atoms with Crippen LogP contribution in [0.2, 0.25) is 5.02 Å². The monoisotopic (exact) mass is 451 g/mol. The molecule has 0 aliphatic rings. The number of nitro benzene ring substituents is 1. The molecule has 0 spiro atoms. The maximum Gasteiger partial charge on any atom is 0.416 e. The molecule has 29 heavy (non-hydrogen) atoms. The van der Waals surface area contributed by atoms with Crippen LogP contribution in [0.3, 0.4) is 0 Å². The van der Waals surface area contributed by atoms with E-state index < -0.39 is 32.4 Å². The van der Waals surface area contributed by atoms with Crippen molar-refractivity contribution in [3.63, 3.8) is 0 Å². The Labute approximate surface area is 170 Å². The highest BCUT2D eigenvalue weighted by molar-refractivity contribution is 7.89. The minimum Gasteiger partial charge on any atom is -0.378 e. The van der Waals surface area contributed by atoms with E-state index in [2.05, 4.69) is 10.0 Å². The number of sulfonamides is 1. The lowest BCUT2D eigenvalue weighted by Crippen LogP contribution is -2.29. The van der Waals surface area contributed by atoms with E-state index in [4.69, 9.17) is 11.6 Å². The summed E-state index contributed by atoms with van der Waals surface area (Å²) < 4.78 is 65.4. The average molecular weight is 452 g/mol. The molecule has 12 heteroatoms. The highest BCUT2D eigenvalue weighted by Gasteiger charge is 2.33. The zero-order valence-electron chi connectivity index (χ0n) is 15.3. The first-order chi connectivity index (χ1) is 13.3. The molecule has 0 unspecified atom stereocenters. The molecule has 2 rings (SSSR count). The Hall–Kier alpha value is -2.37. The molecule has 0 aliphatic heterocycles. The second-order valence-electron chi connectivity index (χ2n) is 6.18. The number of nitrogens with one attached hydrogen (secondary N) is 2. The molecule has 0 saturated heterocycles. The molecule has 0 heterocycles. The van der Waals surface area contributed by atoms with Gasteiger partial charge in [-0.25, -0.2) is 13.1 Å². The molecule has 2 aromatic carbocycles. The van der Waals surface area contributed by atoms with Gasteiger partial charge in [-0.1, -0.05) is 11.6 Å². The van der Waals surface area contributed by atoms with Gasteiger partial charge >= 0.3 is 6.18 Å². The Morgan fingerprint density at radius 3 is 2.34 bits per heavy atom. The predicted octanol–water partition coefficient (Wildman–Crippen LogP) is 4.27. The van der Waals surface area contributed by atoms with Crippen molar-refractivity contribution in [3.8, 4) is 0 Å². The van der Waals surface area contributed by atoms with Crippen LogP contribution in [0, 0.1) is 24.0 Å². The van der Waals surface area contributed by atoms with Gasteiger partial charge in [0.2, 0.25) is 10.0 Å². The van der Waals surface area contributed by atoms with Crippen molar-refractivity contribution < 1.29 is 26.5 Å². The van der Waals surface area contributed by atoms with Crippen molar-refractivity contribution in [3.05, 3.63) is 62.2 Å². The number of halogens is 4. The zero-order valence-corrected chi connectivity index (χ0v) is 16.9. The fourth-order valence-corrected chi connectivity index (χ4v) is 4.07. The number of aryl methyl sites for hydroxylation is 2. The highest BCUT2D eigenvalue weighted by atomic mass is 35.5. The van der Waals surface area contributed by atoms with E-state index in [-0.39, 0.29) is 23.7 Å². The van der Waals surface area contributed by atoms with E-state index in [1.54, 1.807) is 13.8 Å². The predicted molar refractivity (Wildman–Crippen MR) is 103 cm³/mol. The van der Waals surface area contributed by atoms with Crippen molar-refractivity contribution in [1.29, 1.82) is 0 Å². The number of nitro groups is 1. The quantitative estimate of drug-likeness (QED) is 0.372. The summed E-state index contributed by atoms with van der Waals surface area (Å²) in [5.41, 5.74) is -1.04. The normalized spacial score (nSPS) is 12.1. The van der Waals surface area contributed by atoms with Gasteiger partial charge in [0.15, 0.2) is 0 Å². The van der Waals surface area contributed by atoms with Crippen LogP contribution in [-0.4, -0.2) is 26.4 Å². The van der Waals surface area contributed by atoms with E-state index in [0.717, 1.165) is 6.07 Å². The molecule has 0 aromatic heterocycles. The van der Waals surface area contributed by atoms with Crippen LogP contribution in [-0.2, 0) is 16.2 Å². The maximum absolute atomic E-state index is 12.7. The van der Waals surface area contributed by atoms with Crippen LogP contribution in [0.5, 0.6) is 0 Å². The number of nitrogens with zero attached hydrogens (tertiary/aromatic N) is 1. The van der Waals surface area contributed by atoms with Crippen LogP contribution in [0.25, 0.3) is 0 Å². The van der Waals surface area contributed by atoms with Gasteiger partial charge in [0.1, 0.15) is 5.69 Å². The largest absolute Gasteiger partial charge is 0.416 e. The summed E-state index contributed by atoms with van der Waals surface area (Å²) >= 11 is 5.96. The number of anilines is 1. The Morgan fingerprint density at radius 2 is 1.76 bits per heavy atom. The summed E-state index contributed by atoms with van der Waals surface area (Å²) in [4.78, 5) is 10.1. The SMILES string of the molecule is Cc1cc(S(=O)(=O)NCCNc2ccc(C(F)(F)F)cc2[N+](=O)[O-])c(C)cc1Cl. The number of rotatable bonds is 7. The Bertz CT molecular complexity index is 1040. The van der Waals surface area contributed by atoms with Crippen molar-refractivity contribution in [2.24, 2.45) is 0 Å². The Kier molecular flexibility index (Phi) is 6.76. The van der Waals surface area contributed by atoms with Gasteiger partial charge in [-0.15, -0.1) is 0 Å². The molecule has 158 valence electrons. The maximum atomic E-state index is 12.7. The summed E-state index contributed by atoms with van der Waals surface area (Å²) in [7, 11) is -3.87. The highest BCUT2D eigenvalue weighted by Crippen LogP contribution is 2.34. The summed E-state index contributed by atoms with van der Waals surface area (Å²) in [6, 6.07) is 5.01. The first kappa shape index (κ1) is 22.9. The standard InChI is InChI=1S/C17H17ClF3N3O4S/c1-10-8-16(11(2)7-13(10)18)29(27,28)23-6-5-22-14-4-3-12(17(19,20)21)9-15(14)24(25)26/h3-4,7-9,22-23H,5-6H2,1-2H3. The Balaban J connectivity index is 2.09. The molecule has 0 amide bonds. The van der Waals surface area contributed by atoms with Gasteiger partial charge in [-0.2, -0.15) is 13.2 Å². The molecular formula is C17H17ClF3N3O4S. The van der Waals surface area contributed by atoms with Crippen molar-refractivity contribution in [2.75, 3.05) is 18.4 Å². The topological polar surface area (TPSA) is 101 Å². The summed E-state index contributed by atoms with van der Waals surface area (Å²) in [6.45, 7) is 3.01. The summed E-state index contributed by atoms with van der Waals surface area (Å²) in [5, 5.41) is 14.1. The van der Waals surface area contributed by atoms with Gasteiger partial charge in [-0.3, -0.25) is 10.1 Å². The zero-order chi connectivity index (χ0) is 22.0. The lowest BCUT2D eigenvalue weighted by Gasteiger charge is -2.13. The van der Waals surface area contributed by atoms with E-state index in [0.29, 0.717) is 28.3 Å². The smallest absolute Gasteiger partial charge is 0.378 e. The number of benzene rings is 2. The molecule has 7 nitrogen and oxygen atoms in total. The second-order valence-corrected chi connectivity index (χ2v) is 8.32. The van der Waals surface area contributed by atoms with Gasteiger partial charge in [0.25, 0.3) is 5.69 Å². The van der Waals surface area contributed by atoms with E-state index in [1.807, 2.05) is 0 Å². The second kappa shape index (κ2) is 8.56. The molecule has 0 bridgehead atoms. The van der Waals surface area contributed by atoms with Crippen LogP contribution >= 0.6 is 11.6 Å². The van der Waals surface area contributed by atoms with E-state index >= 15 is 0 Å². The minimum absolute atomic E-state index is 0.0416. The Morgan fingerprint density at radius 1 is 1.10 bits per heavy atom. The van der Waals surface area contributed by atoms with Crippen molar-refractivity contribution >= 4 is 33.0 Å². The van der Waals surface area contributed by atoms with Crippen LogP contribution in [0.4, 0.5) is 24.5 Å². The number of hydrogen-bond acceptors (Lipinski definition) is 5. The van der Waals surface area contributed by atoms with Crippen molar-refractivity contribution in [1.82, 2.24) is 4.72 Å². The molecular weight excluding hydrogens is 435 g/mol. The van der Waals surface area contributed by atoms with Gasteiger partial charge in [0, 0.05) is 24.2 Å². The summed E-state index contributed by atoms with van der Waals surface area (Å²) in [5.74, 6) is 0. The van der Waals surface area contributed by atoms with Crippen LogP contribution in [0.1, 0.15) is 16.7 Å². The van der Waals surface area contributed by atoms with Gasteiger partial charge < -0.3 is 5.32 Å². The molecule has 0 saturated carbocycles. The molecule has 2 aromatic rings. The summed E-state index contributed by atoms with van der Waals surface area (Å²) in [6.07, 6.45) is -4.71. The van der Waals surface area contributed by atoms with Crippen molar-refractivity contribution in [2.45, 2.75) is 24.9 Å². The third-order valence-corrected chi connectivity index (χ3v) is 6.01. The van der Waals surface area contributed by atoms with Gasteiger partial charge in [-0.05, 0) is 49.2 Å². The fourth-order valence-electron chi connectivity index (χ4n) is 2.51. The third-order valence-electron chi connectivity index (χ3n) is 4.00. The minimum atomic E-state index is -4.71. The average Bonchev–Trinajstić information content (AvgIpc) is 2.60. The number of hydrogen-bond donors (Lipinski definition) is 2. The lowest BCUT2D eigenvalue weighted by molar-refractivity contribution is -0.384. The third kappa shape index (κ3) is 5.58. The molecule has 0 atom stereocenters. The van der Waals surface area contributed by atoms with E-state index in [9.17, 15) is 31.7 Å². The molecule has 2 N–H and O–H groups in total. The van der Waals surface area contributed by atoms with Crippen LogP contribution < -0.4 is 10.0 Å². The van der Waals surface area contributed by atoms with Gasteiger partial charge in [0.05, 0.1) is 15.4 Å². The molecule has 0 fully saturated rings. The number of alkyl halides is 3. The molecule has 0 radical (unpaired) electrons.